The molecule has 1 aromatic heterocycles. The van der Waals surface area contributed by atoms with Crippen molar-refractivity contribution in [2.45, 2.75) is 39.4 Å². The lowest BCUT2D eigenvalue weighted by Gasteiger charge is -2.12. The summed E-state index contributed by atoms with van der Waals surface area (Å²) < 4.78 is 18.9. The van der Waals surface area contributed by atoms with Crippen molar-refractivity contribution in [1.29, 1.82) is 0 Å². The highest BCUT2D eigenvalue weighted by molar-refractivity contribution is 7.09. The lowest BCUT2D eigenvalue weighted by Crippen LogP contribution is -2.02. The summed E-state index contributed by atoms with van der Waals surface area (Å²) >= 11 is 1.61. The van der Waals surface area contributed by atoms with E-state index in [2.05, 4.69) is 11.9 Å². The second-order valence-electron chi connectivity index (χ2n) is 4.63. The molecule has 0 saturated carbocycles. The van der Waals surface area contributed by atoms with Crippen molar-refractivity contribution in [3.8, 4) is 5.75 Å². The minimum atomic E-state index is -0.698. The largest absolute Gasteiger partial charge is 0.487 e. The van der Waals surface area contributed by atoms with Crippen LogP contribution in [0.4, 0.5) is 4.39 Å². The Bertz CT molecular complexity index is 569. The quantitative estimate of drug-likeness (QED) is 0.879. The number of aromatic nitrogens is 1. The summed E-state index contributed by atoms with van der Waals surface area (Å²) in [6, 6.07) is 4.15. The molecule has 1 atom stereocenters. The summed E-state index contributed by atoms with van der Waals surface area (Å²) in [7, 11) is 0. The van der Waals surface area contributed by atoms with Crippen LogP contribution in [0.1, 0.15) is 42.6 Å². The number of rotatable bonds is 6. The number of thiazole rings is 1. The molecule has 0 amide bonds. The number of aryl methyl sites for hydroxylation is 1. The maximum atomic E-state index is 13.3. The van der Waals surface area contributed by atoms with Crippen molar-refractivity contribution >= 4 is 11.3 Å². The van der Waals surface area contributed by atoms with Crippen LogP contribution in [0.15, 0.2) is 23.6 Å². The second kappa shape index (κ2) is 6.81. The van der Waals surface area contributed by atoms with Gasteiger partial charge in [-0.3, -0.25) is 0 Å². The lowest BCUT2D eigenvalue weighted by atomic mass is 10.1. The zero-order valence-electron chi connectivity index (χ0n) is 11.6. The first-order chi connectivity index (χ1) is 9.60. The van der Waals surface area contributed by atoms with E-state index in [9.17, 15) is 9.50 Å². The molecule has 0 unspecified atom stereocenters. The molecular weight excluding hydrogens is 277 g/mol. The summed E-state index contributed by atoms with van der Waals surface area (Å²) in [5, 5.41) is 12.7. The Hall–Kier alpha value is -1.46. The Labute approximate surface area is 122 Å². The van der Waals surface area contributed by atoms with Crippen LogP contribution in [-0.2, 0) is 13.0 Å². The first-order valence-electron chi connectivity index (χ1n) is 6.63. The van der Waals surface area contributed by atoms with E-state index < -0.39 is 6.10 Å². The number of hydrogen-bond donors (Lipinski definition) is 1. The van der Waals surface area contributed by atoms with Crippen LogP contribution in [0.25, 0.3) is 0 Å². The average molecular weight is 295 g/mol. The van der Waals surface area contributed by atoms with Crippen molar-refractivity contribution in [3.63, 3.8) is 0 Å². The first kappa shape index (κ1) is 14.9. The number of nitrogens with zero attached hydrogens (tertiary/aromatic N) is 1. The zero-order valence-corrected chi connectivity index (χ0v) is 12.4. The van der Waals surface area contributed by atoms with E-state index in [0.29, 0.717) is 11.3 Å². The minimum Gasteiger partial charge on any atom is -0.487 e. The molecule has 0 radical (unpaired) electrons. The summed E-state index contributed by atoms with van der Waals surface area (Å²) in [6.07, 6.45) is 1.32. The molecule has 3 nitrogen and oxygen atoms in total. The second-order valence-corrected chi connectivity index (χ2v) is 5.57. The van der Waals surface area contributed by atoms with E-state index in [1.807, 2.05) is 5.38 Å². The Morgan fingerprint density at radius 2 is 2.25 bits per heavy atom. The molecule has 20 heavy (non-hydrogen) atoms. The van der Waals surface area contributed by atoms with E-state index >= 15 is 0 Å². The number of aliphatic hydroxyl groups is 1. The van der Waals surface area contributed by atoms with Crippen LogP contribution < -0.4 is 4.74 Å². The predicted molar refractivity (Wildman–Crippen MR) is 77.5 cm³/mol. The van der Waals surface area contributed by atoms with Crippen LogP contribution in [0.5, 0.6) is 5.75 Å². The molecule has 2 rings (SSSR count). The van der Waals surface area contributed by atoms with Crippen molar-refractivity contribution in [1.82, 2.24) is 4.98 Å². The SMILES string of the molecule is CCCc1nc(COc2cc(F)ccc2[C@H](C)O)cs1. The molecule has 0 aliphatic rings. The minimum absolute atomic E-state index is 0.281. The summed E-state index contributed by atoms with van der Waals surface area (Å²) in [6.45, 7) is 4.02. The fraction of sp³-hybridized carbons (Fsp3) is 0.400. The molecule has 1 N–H and O–H groups in total. The Morgan fingerprint density at radius 3 is 2.95 bits per heavy atom. The van der Waals surface area contributed by atoms with Gasteiger partial charge in [0, 0.05) is 17.0 Å². The van der Waals surface area contributed by atoms with E-state index in [-0.39, 0.29) is 12.4 Å². The monoisotopic (exact) mass is 295 g/mol. The van der Waals surface area contributed by atoms with Gasteiger partial charge in [0.15, 0.2) is 0 Å². The molecule has 0 aliphatic carbocycles. The van der Waals surface area contributed by atoms with Gasteiger partial charge >= 0.3 is 0 Å². The number of benzene rings is 1. The average Bonchev–Trinajstić information content (AvgIpc) is 2.84. The fourth-order valence-corrected chi connectivity index (χ4v) is 2.76. The number of hydrogen-bond acceptors (Lipinski definition) is 4. The van der Waals surface area contributed by atoms with Gasteiger partial charge in [-0.1, -0.05) is 6.92 Å². The Kier molecular flexibility index (Phi) is 5.09. The van der Waals surface area contributed by atoms with Crippen molar-refractivity contribution in [2.24, 2.45) is 0 Å². The van der Waals surface area contributed by atoms with E-state index in [0.717, 1.165) is 23.5 Å². The Balaban J connectivity index is 2.07. The Morgan fingerprint density at radius 1 is 1.45 bits per heavy atom. The number of ether oxygens (including phenoxy) is 1. The zero-order chi connectivity index (χ0) is 14.5. The van der Waals surface area contributed by atoms with Gasteiger partial charge in [-0.05, 0) is 31.9 Å². The van der Waals surface area contributed by atoms with Gasteiger partial charge in [0.25, 0.3) is 0 Å². The normalized spacial score (nSPS) is 12.4. The van der Waals surface area contributed by atoms with Crippen LogP contribution >= 0.6 is 11.3 Å². The summed E-state index contributed by atoms with van der Waals surface area (Å²) in [5.41, 5.74) is 1.41. The van der Waals surface area contributed by atoms with Gasteiger partial charge < -0.3 is 9.84 Å². The highest BCUT2D eigenvalue weighted by Gasteiger charge is 2.11. The fourth-order valence-electron chi connectivity index (χ4n) is 1.87. The van der Waals surface area contributed by atoms with Crippen molar-refractivity contribution in [3.05, 3.63) is 45.7 Å². The van der Waals surface area contributed by atoms with Crippen LogP contribution in [0, 0.1) is 5.82 Å². The van der Waals surface area contributed by atoms with E-state index in [4.69, 9.17) is 4.74 Å². The standard InChI is InChI=1S/C15H18FNO2S/c1-3-4-15-17-12(9-20-15)8-19-14-7-11(16)5-6-13(14)10(2)18/h5-7,9-10,18H,3-4,8H2,1-2H3/t10-/m0/s1. The van der Waals surface area contributed by atoms with Gasteiger partial charge in [0.2, 0.25) is 0 Å². The lowest BCUT2D eigenvalue weighted by molar-refractivity contribution is 0.189. The smallest absolute Gasteiger partial charge is 0.131 e. The van der Waals surface area contributed by atoms with E-state index in [1.165, 1.54) is 12.1 Å². The third-order valence-corrected chi connectivity index (χ3v) is 3.82. The van der Waals surface area contributed by atoms with Crippen molar-refractivity contribution in [2.75, 3.05) is 0 Å². The van der Waals surface area contributed by atoms with Gasteiger partial charge in [-0.2, -0.15) is 0 Å². The number of halogens is 1. The van der Waals surface area contributed by atoms with Crippen molar-refractivity contribution < 1.29 is 14.2 Å². The van der Waals surface area contributed by atoms with Gasteiger partial charge in [-0.25, -0.2) is 9.37 Å². The van der Waals surface area contributed by atoms with Gasteiger partial charge in [0.05, 0.1) is 16.8 Å². The van der Waals surface area contributed by atoms with Gasteiger partial charge in [-0.15, -0.1) is 11.3 Å². The predicted octanol–water partition coefficient (Wildman–Crippen LogP) is 3.87. The molecule has 2 aromatic rings. The molecule has 5 heteroatoms. The third-order valence-electron chi connectivity index (χ3n) is 2.86. The molecule has 1 aromatic carbocycles. The number of aliphatic hydroxyl groups excluding tert-OH is 1. The molecule has 1 heterocycles. The van der Waals surface area contributed by atoms with Crippen LogP contribution in [0.3, 0.4) is 0 Å². The van der Waals surface area contributed by atoms with Gasteiger partial charge in [0.1, 0.15) is 18.2 Å². The van der Waals surface area contributed by atoms with Crippen LogP contribution in [0.2, 0.25) is 0 Å². The molecule has 108 valence electrons. The topological polar surface area (TPSA) is 42.4 Å². The molecule has 0 saturated heterocycles. The highest BCUT2D eigenvalue weighted by atomic mass is 32.1. The molecule has 0 aliphatic heterocycles. The van der Waals surface area contributed by atoms with Crippen LogP contribution in [-0.4, -0.2) is 10.1 Å². The first-order valence-corrected chi connectivity index (χ1v) is 7.51. The molecule has 0 spiro atoms. The molecule has 0 fully saturated rings. The highest BCUT2D eigenvalue weighted by Crippen LogP contribution is 2.27. The molecule has 0 bridgehead atoms. The van der Waals surface area contributed by atoms with E-state index in [1.54, 1.807) is 24.3 Å². The third kappa shape index (κ3) is 3.77. The summed E-state index contributed by atoms with van der Waals surface area (Å²) in [5.74, 6) is -0.0145. The maximum Gasteiger partial charge on any atom is 0.131 e. The summed E-state index contributed by atoms with van der Waals surface area (Å²) in [4.78, 5) is 4.45. The molecular formula is C15H18FNO2S. The maximum absolute atomic E-state index is 13.3.